The van der Waals surface area contributed by atoms with E-state index in [1.807, 2.05) is 0 Å². The van der Waals surface area contributed by atoms with E-state index < -0.39 is 0 Å². The van der Waals surface area contributed by atoms with Crippen LogP contribution in [0, 0.1) is 6.92 Å². The number of morpholine rings is 1. The maximum Gasteiger partial charge on any atom is 0.251 e. The summed E-state index contributed by atoms with van der Waals surface area (Å²) in [5.74, 6) is 0.518. The number of aromatic nitrogens is 2. The number of carbonyl (C=O) groups is 1. The van der Waals surface area contributed by atoms with Crippen molar-refractivity contribution in [3.8, 4) is 0 Å². The lowest BCUT2D eigenvalue weighted by molar-refractivity contribution is -0.139. The molecule has 0 spiro atoms. The van der Waals surface area contributed by atoms with Crippen molar-refractivity contribution >= 4 is 5.91 Å². The lowest BCUT2D eigenvalue weighted by atomic mass is 10.1. The Balaban J connectivity index is 2.28. The Morgan fingerprint density at radius 2 is 2.47 bits per heavy atom. The van der Waals surface area contributed by atoms with Crippen molar-refractivity contribution in [2.24, 2.45) is 0 Å². The zero-order valence-electron chi connectivity index (χ0n) is 11.1. The first-order valence-electron chi connectivity index (χ1n) is 6.21. The van der Waals surface area contributed by atoms with E-state index in [2.05, 4.69) is 15.3 Å². The fourth-order valence-corrected chi connectivity index (χ4v) is 2.17. The number of hydrogen-bond acceptors (Lipinski definition) is 5. The van der Waals surface area contributed by atoms with Crippen LogP contribution in [-0.2, 0) is 9.53 Å². The van der Waals surface area contributed by atoms with Crippen LogP contribution in [0.5, 0.6) is 0 Å². The number of ether oxygens (including phenoxy) is 1. The van der Waals surface area contributed by atoms with E-state index >= 15 is 0 Å². The number of H-pyrrole nitrogens is 1. The molecule has 0 saturated carbocycles. The van der Waals surface area contributed by atoms with Crippen LogP contribution in [0.25, 0.3) is 0 Å². The normalized spacial score (nSPS) is 19.5. The standard InChI is InChI=1S/C12H18N4O3/c1-8-14-9(5-11(17)15-8)10-7-19-4-3-16(10)12(18)6-13-2/h5,10,13H,3-4,6-7H2,1-2H3,(H,14,15,17). The molecule has 0 bridgehead atoms. The first-order chi connectivity index (χ1) is 9.11. The SMILES string of the molecule is CNCC(=O)N1CCOCC1c1cc(=O)[nH]c(C)n1. The van der Waals surface area contributed by atoms with Gasteiger partial charge >= 0.3 is 0 Å². The van der Waals surface area contributed by atoms with Gasteiger partial charge in [0.2, 0.25) is 5.91 Å². The summed E-state index contributed by atoms with van der Waals surface area (Å²) < 4.78 is 5.41. The summed E-state index contributed by atoms with van der Waals surface area (Å²) in [4.78, 5) is 32.2. The molecule has 1 atom stereocenters. The minimum absolute atomic E-state index is 0.0180. The third-order valence-corrected chi connectivity index (χ3v) is 3.00. The summed E-state index contributed by atoms with van der Waals surface area (Å²) in [6.07, 6.45) is 0. The quantitative estimate of drug-likeness (QED) is 0.747. The number of hydrogen-bond donors (Lipinski definition) is 2. The predicted molar refractivity (Wildman–Crippen MR) is 68.8 cm³/mol. The molecule has 1 aliphatic rings. The Labute approximate surface area is 111 Å². The zero-order valence-corrected chi connectivity index (χ0v) is 11.1. The van der Waals surface area contributed by atoms with Crippen molar-refractivity contribution < 1.29 is 9.53 Å². The first kappa shape index (κ1) is 13.7. The topological polar surface area (TPSA) is 87.3 Å². The molecule has 0 radical (unpaired) electrons. The van der Waals surface area contributed by atoms with Gasteiger partial charge in [-0.25, -0.2) is 4.98 Å². The van der Waals surface area contributed by atoms with Crippen LogP contribution in [-0.4, -0.2) is 54.1 Å². The van der Waals surface area contributed by atoms with Crippen molar-refractivity contribution in [1.82, 2.24) is 20.2 Å². The minimum Gasteiger partial charge on any atom is -0.377 e. The van der Waals surface area contributed by atoms with Crippen LogP contribution in [0.2, 0.25) is 0 Å². The number of rotatable bonds is 3. The van der Waals surface area contributed by atoms with E-state index in [9.17, 15) is 9.59 Å². The van der Waals surface area contributed by atoms with E-state index in [0.29, 0.717) is 31.3 Å². The van der Waals surface area contributed by atoms with Gasteiger partial charge < -0.3 is 19.9 Å². The van der Waals surface area contributed by atoms with E-state index in [-0.39, 0.29) is 24.1 Å². The fourth-order valence-electron chi connectivity index (χ4n) is 2.17. The number of aromatic amines is 1. The van der Waals surface area contributed by atoms with Gasteiger partial charge in [0.1, 0.15) is 5.82 Å². The maximum absolute atomic E-state index is 12.0. The van der Waals surface area contributed by atoms with E-state index in [1.165, 1.54) is 6.07 Å². The summed E-state index contributed by atoms with van der Waals surface area (Å²) in [5, 5.41) is 2.84. The Morgan fingerprint density at radius 1 is 1.68 bits per heavy atom. The summed E-state index contributed by atoms with van der Waals surface area (Å²) in [6.45, 7) is 3.37. The number of aryl methyl sites for hydroxylation is 1. The van der Waals surface area contributed by atoms with Gasteiger partial charge in [-0.1, -0.05) is 0 Å². The fraction of sp³-hybridized carbons (Fsp3) is 0.583. The number of amides is 1. The smallest absolute Gasteiger partial charge is 0.251 e. The largest absolute Gasteiger partial charge is 0.377 e. The van der Waals surface area contributed by atoms with Crippen LogP contribution in [0.1, 0.15) is 17.6 Å². The van der Waals surface area contributed by atoms with Gasteiger partial charge in [-0.15, -0.1) is 0 Å². The molecule has 7 nitrogen and oxygen atoms in total. The van der Waals surface area contributed by atoms with Gasteiger partial charge in [-0.2, -0.15) is 0 Å². The second-order valence-electron chi connectivity index (χ2n) is 4.46. The van der Waals surface area contributed by atoms with Gasteiger partial charge in [-0.05, 0) is 14.0 Å². The highest BCUT2D eigenvalue weighted by Gasteiger charge is 2.29. The Morgan fingerprint density at radius 3 is 3.16 bits per heavy atom. The van der Waals surface area contributed by atoms with Crippen molar-refractivity contribution in [2.45, 2.75) is 13.0 Å². The summed E-state index contributed by atoms with van der Waals surface area (Å²) in [5.41, 5.74) is 0.361. The molecule has 2 heterocycles. The van der Waals surface area contributed by atoms with Crippen LogP contribution >= 0.6 is 0 Å². The van der Waals surface area contributed by atoms with Crippen LogP contribution in [0.4, 0.5) is 0 Å². The highest BCUT2D eigenvalue weighted by molar-refractivity contribution is 5.78. The highest BCUT2D eigenvalue weighted by atomic mass is 16.5. The molecule has 1 amide bonds. The molecule has 7 heteroatoms. The number of carbonyl (C=O) groups excluding carboxylic acids is 1. The molecule has 0 aliphatic carbocycles. The van der Waals surface area contributed by atoms with Crippen LogP contribution in [0.15, 0.2) is 10.9 Å². The van der Waals surface area contributed by atoms with Gasteiger partial charge in [0.15, 0.2) is 0 Å². The second-order valence-corrected chi connectivity index (χ2v) is 4.46. The Hall–Kier alpha value is -1.73. The van der Waals surface area contributed by atoms with E-state index in [4.69, 9.17) is 4.74 Å². The number of nitrogens with one attached hydrogen (secondary N) is 2. The average Bonchev–Trinajstić information content (AvgIpc) is 2.38. The maximum atomic E-state index is 12.0. The molecule has 1 aromatic rings. The summed E-state index contributed by atoms with van der Waals surface area (Å²) in [6, 6.07) is 1.13. The third kappa shape index (κ3) is 3.18. The van der Waals surface area contributed by atoms with Gasteiger partial charge in [0.25, 0.3) is 5.56 Å². The van der Waals surface area contributed by atoms with Crippen molar-refractivity contribution in [3.05, 3.63) is 27.9 Å². The number of likely N-dealkylation sites (N-methyl/N-ethyl adjacent to an activating group) is 1. The van der Waals surface area contributed by atoms with Crippen LogP contribution < -0.4 is 10.9 Å². The lowest BCUT2D eigenvalue weighted by Gasteiger charge is -2.35. The monoisotopic (exact) mass is 266 g/mol. The average molecular weight is 266 g/mol. The van der Waals surface area contributed by atoms with Crippen LogP contribution in [0.3, 0.4) is 0 Å². The number of nitrogens with zero attached hydrogens (tertiary/aromatic N) is 2. The van der Waals surface area contributed by atoms with E-state index in [0.717, 1.165) is 0 Å². The first-order valence-corrected chi connectivity index (χ1v) is 6.21. The van der Waals surface area contributed by atoms with Crippen molar-refractivity contribution in [2.75, 3.05) is 33.4 Å². The van der Waals surface area contributed by atoms with Crippen molar-refractivity contribution in [3.63, 3.8) is 0 Å². The molecule has 2 N–H and O–H groups in total. The zero-order chi connectivity index (χ0) is 13.8. The van der Waals surface area contributed by atoms with Crippen molar-refractivity contribution in [1.29, 1.82) is 0 Å². The molecule has 1 aromatic heterocycles. The highest BCUT2D eigenvalue weighted by Crippen LogP contribution is 2.21. The Kier molecular flexibility index (Phi) is 4.28. The molecular weight excluding hydrogens is 248 g/mol. The molecule has 19 heavy (non-hydrogen) atoms. The van der Waals surface area contributed by atoms with Gasteiger partial charge in [0, 0.05) is 12.6 Å². The molecule has 104 valence electrons. The second kappa shape index (κ2) is 5.94. The van der Waals surface area contributed by atoms with Gasteiger partial charge in [0.05, 0.1) is 31.5 Å². The molecule has 2 rings (SSSR count). The minimum atomic E-state index is -0.296. The summed E-state index contributed by atoms with van der Waals surface area (Å²) in [7, 11) is 1.73. The third-order valence-electron chi connectivity index (χ3n) is 3.00. The molecular formula is C12H18N4O3. The molecule has 1 saturated heterocycles. The molecule has 1 aliphatic heterocycles. The summed E-state index contributed by atoms with van der Waals surface area (Å²) >= 11 is 0. The molecule has 0 aromatic carbocycles. The van der Waals surface area contributed by atoms with E-state index in [1.54, 1.807) is 18.9 Å². The molecule has 1 unspecified atom stereocenters. The molecule has 1 fully saturated rings. The lowest BCUT2D eigenvalue weighted by Crippen LogP contribution is -2.46. The van der Waals surface area contributed by atoms with Gasteiger partial charge in [-0.3, -0.25) is 9.59 Å². The predicted octanol–water partition coefficient (Wildman–Crippen LogP) is -0.802. The Bertz CT molecular complexity index is 514.